The summed E-state index contributed by atoms with van der Waals surface area (Å²) in [5.41, 5.74) is 2.68. The predicted octanol–water partition coefficient (Wildman–Crippen LogP) is 2.25. The molecule has 0 aliphatic carbocycles. The highest BCUT2D eigenvalue weighted by Crippen LogP contribution is 2.29. The van der Waals surface area contributed by atoms with Crippen molar-refractivity contribution in [2.75, 3.05) is 38.1 Å². The molecule has 4 nitrogen and oxygen atoms in total. The Morgan fingerprint density at radius 3 is 2.85 bits per heavy atom. The van der Waals surface area contributed by atoms with E-state index in [-0.39, 0.29) is 0 Å². The zero-order valence-electron chi connectivity index (χ0n) is 11.7. The summed E-state index contributed by atoms with van der Waals surface area (Å²) in [5.74, 6) is 0. The molecule has 1 saturated heterocycles. The van der Waals surface area contributed by atoms with Crippen LogP contribution < -0.4 is 4.90 Å². The van der Waals surface area contributed by atoms with Crippen LogP contribution in [0.5, 0.6) is 0 Å². The predicted molar refractivity (Wildman–Crippen MR) is 80.8 cm³/mol. The van der Waals surface area contributed by atoms with Crippen LogP contribution >= 0.6 is 0 Å². The highest BCUT2D eigenvalue weighted by Gasteiger charge is 2.18. The molecule has 0 radical (unpaired) electrons. The number of likely N-dealkylation sites (N-methyl/N-ethyl adjacent to an activating group) is 1. The van der Waals surface area contributed by atoms with Crippen molar-refractivity contribution in [2.24, 2.45) is 0 Å². The van der Waals surface area contributed by atoms with Crippen LogP contribution in [0.25, 0.3) is 10.9 Å². The van der Waals surface area contributed by atoms with E-state index in [2.05, 4.69) is 34.0 Å². The minimum Gasteiger partial charge on any atom is -0.369 e. The van der Waals surface area contributed by atoms with Crippen LogP contribution in [-0.4, -0.2) is 43.1 Å². The van der Waals surface area contributed by atoms with Gasteiger partial charge < -0.3 is 9.80 Å². The lowest BCUT2D eigenvalue weighted by Crippen LogP contribution is -2.29. The second kappa shape index (κ2) is 5.48. The van der Waals surface area contributed by atoms with Crippen molar-refractivity contribution >= 4 is 16.6 Å². The number of hydrogen-bond donors (Lipinski definition) is 0. The van der Waals surface area contributed by atoms with Crippen LogP contribution in [0.15, 0.2) is 30.5 Å². The largest absolute Gasteiger partial charge is 0.369 e. The fourth-order valence-corrected chi connectivity index (χ4v) is 2.82. The van der Waals surface area contributed by atoms with E-state index in [1.165, 1.54) is 0 Å². The molecule has 2 aromatic rings. The first-order chi connectivity index (χ1) is 9.79. The molecule has 4 heteroatoms. The summed E-state index contributed by atoms with van der Waals surface area (Å²) in [6.07, 6.45) is 2.82. The molecule has 0 amide bonds. The second-order valence-electron chi connectivity index (χ2n) is 5.29. The molecule has 1 aromatic heterocycles. The van der Waals surface area contributed by atoms with Crippen molar-refractivity contribution in [1.29, 1.82) is 5.26 Å². The van der Waals surface area contributed by atoms with Crippen molar-refractivity contribution in [3.05, 3.63) is 36.0 Å². The lowest BCUT2D eigenvalue weighted by molar-refractivity contribution is 0.360. The van der Waals surface area contributed by atoms with Crippen LogP contribution in [0.4, 0.5) is 5.69 Å². The first-order valence-electron chi connectivity index (χ1n) is 7.01. The normalized spacial score (nSPS) is 16.9. The Labute approximate surface area is 119 Å². The number of rotatable bonds is 1. The molecule has 102 valence electrons. The number of benzene rings is 1. The van der Waals surface area contributed by atoms with E-state index in [1.54, 1.807) is 6.20 Å². The first-order valence-corrected chi connectivity index (χ1v) is 7.01. The van der Waals surface area contributed by atoms with Gasteiger partial charge in [0.25, 0.3) is 0 Å². The molecule has 1 fully saturated rings. The summed E-state index contributed by atoms with van der Waals surface area (Å²) in [4.78, 5) is 9.07. The van der Waals surface area contributed by atoms with E-state index in [1.807, 2.05) is 18.2 Å². The van der Waals surface area contributed by atoms with Crippen LogP contribution in [0.2, 0.25) is 0 Å². The van der Waals surface area contributed by atoms with E-state index < -0.39 is 0 Å². The fraction of sp³-hybridized carbons (Fsp3) is 0.375. The van der Waals surface area contributed by atoms with Crippen molar-refractivity contribution in [3.63, 3.8) is 0 Å². The number of para-hydroxylation sites is 1. The van der Waals surface area contributed by atoms with E-state index in [4.69, 9.17) is 0 Å². The zero-order chi connectivity index (χ0) is 13.9. The molecule has 20 heavy (non-hydrogen) atoms. The summed E-state index contributed by atoms with van der Waals surface area (Å²) in [6.45, 7) is 4.09. The summed E-state index contributed by atoms with van der Waals surface area (Å²) < 4.78 is 0. The minimum absolute atomic E-state index is 0.674. The summed E-state index contributed by atoms with van der Waals surface area (Å²) in [5, 5.41) is 10.5. The zero-order valence-corrected chi connectivity index (χ0v) is 11.7. The highest BCUT2D eigenvalue weighted by atomic mass is 15.2. The maximum absolute atomic E-state index is 9.40. The Balaban J connectivity index is 2.11. The first kappa shape index (κ1) is 12.9. The molecule has 2 heterocycles. The summed E-state index contributed by atoms with van der Waals surface area (Å²) >= 11 is 0. The van der Waals surface area contributed by atoms with Crippen LogP contribution in [0.1, 0.15) is 12.0 Å². The van der Waals surface area contributed by atoms with Crippen molar-refractivity contribution in [2.45, 2.75) is 6.42 Å². The lowest BCUT2D eigenvalue weighted by Gasteiger charge is -2.25. The maximum atomic E-state index is 9.40. The third kappa shape index (κ3) is 2.33. The number of anilines is 1. The molecule has 0 N–H and O–H groups in total. The van der Waals surface area contributed by atoms with E-state index >= 15 is 0 Å². The van der Waals surface area contributed by atoms with Gasteiger partial charge in [0.1, 0.15) is 6.07 Å². The summed E-state index contributed by atoms with van der Waals surface area (Å²) in [6, 6.07) is 10.4. The molecule has 3 rings (SSSR count). The Bertz CT molecular complexity index is 659. The average Bonchev–Trinajstić information content (AvgIpc) is 2.70. The van der Waals surface area contributed by atoms with Gasteiger partial charge in [0, 0.05) is 31.2 Å². The Morgan fingerprint density at radius 1 is 1.15 bits per heavy atom. The van der Waals surface area contributed by atoms with Gasteiger partial charge in [-0.15, -0.1) is 0 Å². The van der Waals surface area contributed by atoms with E-state index in [0.717, 1.165) is 49.2 Å². The van der Waals surface area contributed by atoms with Gasteiger partial charge in [-0.3, -0.25) is 4.98 Å². The lowest BCUT2D eigenvalue weighted by atomic mass is 10.1. The van der Waals surface area contributed by atoms with Crippen molar-refractivity contribution in [1.82, 2.24) is 9.88 Å². The molecule has 0 saturated carbocycles. The molecule has 0 unspecified atom stereocenters. The van der Waals surface area contributed by atoms with Crippen LogP contribution in [-0.2, 0) is 0 Å². The monoisotopic (exact) mass is 266 g/mol. The van der Waals surface area contributed by atoms with Crippen molar-refractivity contribution in [3.8, 4) is 6.07 Å². The van der Waals surface area contributed by atoms with E-state index in [0.29, 0.717) is 5.56 Å². The maximum Gasteiger partial charge on any atom is 0.103 e. The third-order valence-electron chi connectivity index (χ3n) is 3.90. The Morgan fingerprint density at radius 2 is 2.00 bits per heavy atom. The van der Waals surface area contributed by atoms with Gasteiger partial charge in [-0.25, -0.2) is 0 Å². The van der Waals surface area contributed by atoms with Gasteiger partial charge in [0.15, 0.2) is 0 Å². The molecule has 1 aromatic carbocycles. The Kier molecular flexibility index (Phi) is 3.53. The number of aromatic nitrogens is 1. The Hall–Kier alpha value is -2.12. The van der Waals surface area contributed by atoms with Gasteiger partial charge in [0.05, 0.1) is 16.8 Å². The third-order valence-corrected chi connectivity index (χ3v) is 3.90. The smallest absolute Gasteiger partial charge is 0.103 e. The van der Waals surface area contributed by atoms with Crippen LogP contribution in [0, 0.1) is 11.3 Å². The second-order valence-corrected chi connectivity index (χ2v) is 5.29. The van der Waals surface area contributed by atoms with Crippen LogP contribution in [0.3, 0.4) is 0 Å². The van der Waals surface area contributed by atoms with Gasteiger partial charge >= 0.3 is 0 Å². The molecule has 1 aliphatic heterocycles. The standard InChI is InChI=1S/C16H18N4/c1-19-7-4-8-20(10-9-19)16-13(11-17)12-18-15-6-3-2-5-14(15)16/h2-3,5-6,12H,4,7-10H2,1H3. The van der Waals surface area contributed by atoms with Gasteiger partial charge in [-0.1, -0.05) is 18.2 Å². The van der Waals surface area contributed by atoms with Gasteiger partial charge in [-0.2, -0.15) is 5.26 Å². The minimum atomic E-state index is 0.674. The fourth-order valence-electron chi connectivity index (χ4n) is 2.82. The van der Waals surface area contributed by atoms with Crippen molar-refractivity contribution < 1.29 is 0 Å². The molecule has 0 spiro atoms. The summed E-state index contributed by atoms with van der Waals surface area (Å²) in [7, 11) is 2.15. The topological polar surface area (TPSA) is 43.2 Å². The number of nitriles is 1. The van der Waals surface area contributed by atoms with E-state index in [9.17, 15) is 5.26 Å². The van der Waals surface area contributed by atoms with Gasteiger partial charge in [-0.05, 0) is 26.1 Å². The molecule has 0 atom stereocenters. The highest BCUT2D eigenvalue weighted by molar-refractivity contribution is 5.94. The molecule has 0 bridgehead atoms. The number of pyridine rings is 1. The molecule has 1 aliphatic rings. The average molecular weight is 266 g/mol. The van der Waals surface area contributed by atoms with Gasteiger partial charge in [0.2, 0.25) is 0 Å². The quantitative estimate of drug-likeness (QED) is 0.794. The number of nitrogens with zero attached hydrogens (tertiary/aromatic N) is 4. The molecular weight excluding hydrogens is 248 g/mol. The number of fused-ring (bicyclic) bond motifs is 1. The SMILES string of the molecule is CN1CCCN(c2c(C#N)cnc3ccccc23)CC1. The number of hydrogen-bond acceptors (Lipinski definition) is 4. The molecular formula is C16H18N4.